The van der Waals surface area contributed by atoms with E-state index in [0.29, 0.717) is 0 Å². The number of hydrogen-bond acceptors (Lipinski definition) is 0. The molecule has 0 N–H and O–H groups in total. The SMILES string of the molecule is C=Cc1ccc([BH2-]c2ccc(F)cc2C)cc1. The molecular weight excluding hydrogens is 210 g/mol. The van der Waals surface area contributed by atoms with Gasteiger partial charge in [-0.2, -0.15) is 0 Å². The smallest absolute Gasteiger partial charge is 0.123 e. The topological polar surface area (TPSA) is 0 Å². The van der Waals surface area contributed by atoms with Crippen LogP contribution >= 0.6 is 0 Å². The van der Waals surface area contributed by atoms with E-state index >= 15 is 0 Å². The lowest BCUT2D eigenvalue weighted by Crippen LogP contribution is -2.28. The maximum atomic E-state index is 13.0. The molecule has 0 bridgehead atoms. The first-order valence-corrected chi connectivity index (χ1v) is 5.95. The molecule has 0 radical (unpaired) electrons. The summed E-state index contributed by atoms with van der Waals surface area (Å²) in [5.41, 5.74) is 4.83. The Bertz CT molecular complexity index is 529. The first-order chi connectivity index (χ1) is 8.19. The van der Waals surface area contributed by atoms with E-state index in [1.165, 1.54) is 10.9 Å². The molecule has 17 heavy (non-hydrogen) atoms. The molecule has 0 saturated heterocycles. The van der Waals surface area contributed by atoms with Gasteiger partial charge in [0.1, 0.15) is 5.82 Å². The Labute approximate surface area is 102 Å². The fourth-order valence-electron chi connectivity index (χ4n) is 2.17. The summed E-state index contributed by atoms with van der Waals surface area (Å²) in [6.45, 7) is 5.71. The van der Waals surface area contributed by atoms with Crippen molar-refractivity contribution >= 4 is 24.3 Å². The third-order valence-corrected chi connectivity index (χ3v) is 3.34. The van der Waals surface area contributed by atoms with Gasteiger partial charge in [-0.05, 0) is 24.6 Å². The van der Waals surface area contributed by atoms with Crippen LogP contribution in [0.4, 0.5) is 4.39 Å². The Balaban J connectivity index is 2.22. The molecule has 86 valence electrons. The van der Waals surface area contributed by atoms with Crippen LogP contribution in [0.3, 0.4) is 0 Å². The summed E-state index contributed by atoms with van der Waals surface area (Å²) >= 11 is 0. The molecule has 0 nitrogen and oxygen atoms in total. The summed E-state index contributed by atoms with van der Waals surface area (Å²) in [5, 5.41) is 0. The lowest BCUT2D eigenvalue weighted by Gasteiger charge is -2.13. The molecule has 2 aromatic carbocycles. The number of aryl methyl sites for hydroxylation is 1. The molecule has 0 saturated carbocycles. The average molecular weight is 225 g/mol. The molecule has 0 amide bonds. The highest BCUT2D eigenvalue weighted by Crippen LogP contribution is 2.00. The Morgan fingerprint density at radius 2 is 1.82 bits per heavy atom. The van der Waals surface area contributed by atoms with Crippen molar-refractivity contribution in [3.05, 3.63) is 66.0 Å². The van der Waals surface area contributed by atoms with E-state index in [2.05, 4.69) is 30.8 Å². The Morgan fingerprint density at radius 1 is 1.12 bits per heavy atom. The van der Waals surface area contributed by atoms with Crippen LogP contribution in [-0.2, 0) is 0 Å². The summed E-state index contributed by atoms with van der Waals surface area (Å²) in [7, 11) is -0.370. The second-order valence-electron chi connectivity index (χ2n) is 4.59. The van der Waals surface area contributed by atoms with Crippen LogP contribution in [0.25, 0.3) is 6.08 Å². The molecule has 0 fully saturated rings. The van der Waals surface area contributed by atoms with Gasteiger partial charge in [0.25, 0.3) is 0 Å². The maximum absolute atomic E-state index is 13.0. The molecule has 0 aliphatic heterocycles. The number of benzene rings is 2. The molecule has 0 aromatic heterocycles. The molecule has 0 atom stereocenters. The van der Waals surface area contributed by atoms with Crippen LogP contribution in [-0.4, -0.2) is 7.28 Å². The number of halogens is 1. The highest BCUT2D eigenvalue weighted by atomic mass is 19.1. The lowest BCUT2D eigenvalue weighted by molar-refractivity contribution is 0.627. The molecule has 0 unspecified atom stereocenters. The van der Waals surface area contributed by atoms with E-state index in [0.717, 1.165) is 11.1 Å². The van der Waals surface area contributed by atoms with Crippen molar-refractivity contribution < 1.29 is 4.39 Å². The third kappa shape index (κ3) is 2.85. The van der Waals surface area contributed by atoms with Gasteiger partial charge >= 0.3 is 0 Å². The van der Waals surface area contributed by atoms with Crippen molar-refractivity contribution in [3.63, 3.8) is 0 Å². The van der Waals surface area contributed by atoms with Gasteiger partial charge in [0.2, 0.25) is 0 Å². The van der Waals surface area contributed by atoms with E-state index in [-0.39, 0.29) is 13.1 Å². The molecule has 2 aromatic rings. The van der Waals surface area contributed by atoms with Crippen molar-refractivity contribution in [1.29, 1.82) is 0 Å². The molecule has 0 aliphatic carbocycles. The van der Waals surface area contributed by atoms with Crippen LogP contribution in [0.2, 0.25) is 0 Å². The monoisotopic (exact) mass is 225 g/mol. The predicted octanol–water partition coefficient (Wildman–Crippen LogP) is 1.90. The Morgan fingerprint density at radius 3 is 2.41 bits per heavy atom. The van der Waals surface area contributed by atoms with Gasteiger partial charge in [-0.15, -0.1) is 0 Å². The fourth-order valence-corrected chi connectivity index (χ4v) is 2.17. The van der Waals surface area contributed by atoms with Gasteiger partial charge < -0.3 is 0 Å². The first-order valence-electron chi connectivity index (χ1n) is 5.95. The Kier molecular flexibility index (Phi) is 3.43. The van der Waals surface area contributed by atoms with Gasteiger partial charge in [0, 0.05) is 7.28 Å². The first kappa shape index (κ1) is 11.7. The second-order valence-corrected chi connectivity index (χ2v) is 4.59. The van der Waals surface area contributed by atoms with Crippen LogP contribution in [0, 0.1) is 12.7 Å². The molecule has 2 heteroatoms. The number of hydrogen-bond donors (Lipinski definition) is 0. The van der Waals surface area contributed by atoms with Gasteiger partial charge in [0.15, 0.2) is 0 Å². The minimum Gasteiger partial charge on any atom is -0.212 e. The summed E-state index contributed by atoms with van der Waals surface area (Å²) in [4.78, 5) is 0. The van der Waals surface area contributed by atoms with Gasteiger partial charge in [-0.1, -0.05) is 48.6 Å². The molecule has 0 aliphatic rings. The minimum absolute atomic E-state index is 0.153. The Hall–Kier alpha value is -1.83. The second kappa shape index (κ2) is 5.00. The number of rotatable bonds is 3. The summed E-state index contributed by atoms with van der Waals surface area (Å²) in [5.74, 6) is -0.153. The third-order valence-electron chi connectivity index (χ3n) is 3.34. The molecule has 0 heterocycles. The van der Waals surface area contributed by atoms with Crippen molar-refractivity contribution in [2.75, 3.05) is 0 Å². The summed E-state index contributed by atoms with van der Waals surface area (Å²) < 4.78 is 13.0. The van der Waals surface area contributed by atoms with E-state index in [9.17, 15) is 4.39 Å². The van der Waals surface area contributed by atoms with Crippen LogP contribution in [0.15, 0.2) is 49.0 Å². The maximum Gasteiger partial charge on any atom is 0.123 e. The van der Waals surface area contributed by atoms with Crippen LogP contribution in [0.5, 0.6) is 0 Å². The van der Waals surface area contributed by atoms with Crippen LogP contribution < -0.4 is 10.9 Å². The zero-order valence-electron chi connectivity index (χ0n) is 10.2. The summed E-state index contributed by atoms with van der Waals surface area (Å²) in [6.07, 6.45) is 1.84. The lowest BCUT2D eigenvalue weighted by atomic mass is 9.62. The zero-order valence-corrected chi connectivity index (χ0v) is 10.2. The van der Waals surface area contributed by atoms with Crippen molar-refractivity contribution in [1.82, 2.24) is 0 Å². The van der Waals surface area contributed by atoms with E-state index in [4.69, 9.17) is 0 Å². The quantitative estimate of drug-likeness (QED) is 0.700. The highest BCUT2D eigenvalue weighted by molar-refractivity contribution is 6.67. The van der Waals surface area contributed by atoms with Crippen molar-refractivity contribution in [2.24, 2.45) is 0 Å². The highest BCUT2D eigenvalue weighted by Gasteiger charge is 1.96. The predicted molar refractivity (Wildman–Crippen MR) is 75.5 cm³/mol. The van der Waals surface area contributed by atoms with Gasteiger partial charge in [-0.25, -0.2) is 15.3 Å². The van der Waals surface area contributed by atoms with Gasteiger partial charge in [-0.3, -0.25) is 0 Å². The van der Waals surface area contributed by atoms with Crippen molar-refractivity contribution in [3.8, 4) is 0 Å². The van der Waals surface area contributed by atoms with Crippen LogP contribution in [0.1, 0.15) is 11.1 Å². The molecular formula is C15H15BF-. The fraction of sp³-hybridized carbons (Fsp3) is 0.0667. The van der Waals surface area contributed by atoms with E-state index in [1.807, 2.05) is 19.1 Å². The van der Waals surface area contributed by atoms with E-state index < -0.39 is 0 Å². The largest absolute Gasteiger partial charge is 0.212 e. The zero-order chi connectivity index (χ0) is 12.3. The van der Waals surface area contributed by atoms with E-state index in [1.54, 1.807) is 12.1 Å². The average Bonchev–Trinajstić information content (AvgIpc) is 2.34. The standard InChI is InChI=1S/C15H15BF/c1-3-12-4-6-13(7-5-12)16-15-9-8-14(17)10-11(15)2/h3-10H,1,16H2,2H3/q-1. The normalized spacial score (nSPS) is 10.2. The van der Waals surface area contributed by atoms with Crippen molar-refractivity contribution in [2.45, 2.75) is 6.92 Å². The minimum atomic E-state index is -0.370. The van der Waals surface area contributed by atoms with Gasteiger partial charge in [0.05, 0.1) is 0 Å². The molecule has 0 spiro atoms. The summed E-state index contributed by atoms with van der Waals surface area (Å²) in [6, 6.07) is 13.5. The molecule has 2 rings (SSSR count).